The van der Waals surface area contributed by atoms with Crippen LogP contribution in [0.2, 0.25) is 0 Å². The Morgan fingerprint density at radius 3 is 2.87 bits per heavy atom. The second-order valence-corrected chi connectivity index (χ2v) is 8.25. The van der Waals surface area contributed by atoms with Gasteiger partial charge in [-0.1, -0.05) is 19.1 Å². The zero-order chi connectivity index (χ0) is 21.5. The van der Waals surface area contributed by atoms with E-state index in [4.69, 9.17) is 0 Å². The summed E-state index contributed by atoms with van der Waals surface area (Å²) in [6.07, 6.45) is 5.44. The van der Waals surface area contributed by atoms with E-state index in [1.165, 1.54) is 41.4 Å². The van der Waals surface area contributed by atoms with Crippen LogP contribution in [0.15, 0.2) is 29.4 Å². The quantitative estimate of drug-likeness (QED) is 0.274. The Morgan fingerprint density at radius 2 is 2.13 bits per heavy atom. The molecule has 3 N–H and O–H groups in total. The van der Waals surface area contributed by atoms with Crippen LogP contribution in [0.25, 0.3) is 10.9 Å². The van der Waals surface area contributed by atoms with Gasteiger partial charge in [-0.2, -0.15) is 0 Å². The van der Waals surface area contributed by atoms with Gasteiger partial charge in [0.15, 0.2) is 5.96 Å². The molecule has 172 valence electrons. The van der Waals surface area contributed by atoms with E-state index in [0.29, 0.717) is 12.0 Å². The highest BCUT2D eigenvalue weighted by atomic mass is 127. The minimum atomic E-state index is -0.000551. The number of H-pyrrole nitrogens is 1. The van der Waals surface area contributed by atoms with Crippen molar-refractivity contribution in [2.75, 3.05) is 46.8 Å². The van der Waals surface area contributed by atoms with Crippen LogP contribution in [0.5, 0.6) is 0 Å². The molecule has 0 aliphatic carbocycles. The first-order chi connectivity index (χ1) is 14.5. The van der Waals surface area contributed by atoms with E-state index >= 15 is 0 Å². The van der Waals surface area contributed by atoms with Crippen LogP contribution in [0, 0.1) is 6.92 Å². The van der Waals surface area contributed by atoms with Crippen LogP contribution in [0.3, 0.4) is 0 Å². The van der Waals surface area contributed by atoms with Crippen molar-refractivity contribution >= 4 is 46.7 Å². The summed E-state index contributed by atoms with van der Waals surface area (Å²) in [6, 6.07) is 6.87. The number of likely N-dealkylation sites (tertiary alicyclic amines) is 1. The third kappa shape index (κ3) is 6.83. The zero-order valence-corrected chi connectivity index (χ0v) is 21.5. The molecule has 0 bridgehead atoms. The number of hydrogen-bond donors (Lipinski definition) is 3. The lowest BCUT2D eigenvalue weighted by molar-refractivity contribution is -0.127. The van der Waals surface area contributed by atoms with E-state index in [9.17, 15) is 4.79 Å². The van der Waals surface area contributed by atoms with Crippen molar-refractivity contribution in [3.8, 4) is 0 Å². The summed E-state index contributed by atoms with van der Waals surface area (Å²) in [6.45, 7) is 8.36. The van der Waals surface area contributed by atoms with Crippen molar-refractivity contribution < 1.29 is 4.79 Å². The number of aromatic nitrogens is 1. The number of aromatic amines is 1. The number of rotatable bonds is 8. The number of fused-ring (bicyclic) bond motifs is 1. The maximum Gasteiger partial charge on any atom is 0.243 e. The molecule has 1 aromatic heterocycles. The molecule has 3 rings (SSSR count). The molecule has 0 spiro atoms. The number of likely N-dealkylation sites (N-methyl/N-ethyl adjacent to an activating group) is 2. The standard InChI is InChI=1S/C23H36N6O.HI/c1-5-29-13-7-9-19(29)15-26-23(27-16-21(30)28(3)4)24-12-11-18-14-25-20-10-6-8-17(2)22(18)20;/h6,8,10,14,19,25H,5,7,9,11-13,15-16H2,1-4H3,(H2,24,26,27);1H. The van der Waals surface area contributed by atoms with E-state index in [0.717, 1.165) is 26.1 Å². The van der Waals surface area contributed by atoms with Crippen molar-refractivity contribution in [3.63, 3.8) is 0 Å². The smallest absolute Gasteiger partial charge is 0.243 e. The van der Waals surface area contributed by atoms with E-state index in [1.54, 1.807) is 19.0 Å². The van der Waals surface area contributed by atoms with Crippen LogP contribution in [-0.2, 0) is 11.2 Å². The Kier molecular flexibility index (Phi) is 10.1. The molecular weight excluding hydrogens is 503 g/mol. The Labute approximate surface area is 203 Å². The van der Waals surface area contributed by atoms with Gasteiger partial charge in [0, 0.05) is 50.3 Å². The van der Waals surface area contributed by atoms with E-state index in [-0.39, 0.29) is 36.4 Å². The van der Waals surface area contributed by atoms with Crippen LogP contribution < -0.4 is 10.6 Å². The van der Waals surface area contributed by atoms with Crippen molar-refractivity contribution in [2.45, 2.75) is 39.2 Å². The zero-order valence-electron chi connectivity index (χ0n) is 19.2. The third-order valence-corrected chi connectivity index (χ3v) is 5.96. The van der Waals surface area contributed by atoms with Gasteiger partial charge in [-0.3, -0.25) is 9.69 Å². The maximum atomic E-state index is 12.0. The van der Waals surface area contributed by atoms with E-state index in [2.05, 4.69) is 63.8 Å². The van der Waals surface area contributed by atoms with Crippen molar-refractivity contribution in [2.24, 2.45) is 4.99 Å². The molecule has 31 heavy (non-hydrogen) atoms. The number of aryl methyl sites for hydroxylation is 1. The molecule has 2 heterocycles. The molecule has 2 aromatic rings. The Balaban J connectivity index is 0.00000341. The average molecular weight is 540 g/mol. The summed E-state index contributed by atoms with van der Waals surface area (Å²) in [5.74, 6) is 0.712. The molecule has 1 saturated heterocycles. The van der Waals surface area contributed by atoms with Gasteiger partial charge in [-0.25, -0.2) is 4.99 Å². The number of aliphatic imine (C=N–C) groups is 1. The van der Waals surface area contributed by atoms with Crippen molar-refractivity contribution in [1.29, 1.82) is 0 Å². The molecule has 1 atom stereocenters. The maximum absolute atomic E-state index is 12.0. The summed E-state index contributed by atoms with van der Waals surface area (Å²) < 4.78 is 0. The van der Waals surface area contributed by atoms with Gasteiger partial charge in [-0.05, 0) is 56.5 Å². The molecule has 1 aliphatic heterocycles. The van der Waals surface area contributed by atoms with Gasteiger partial charge in [0.1, 0.15) is 6.54 Å². The number of nitrogens with zero attached hydrogens (tertiary/aromatic N) is 3. The van der Waals surface area contributed by atoms with E-state index in [1.807, 2.05) is 0 Å². The first-order valence-electron chi connectivity index (χ1n) is 11.0. The number of amides is 1. The van der Waals surface area contributed by atoms with Gasteiger partial charge >= 0.3 is 0 Å². The highest BCUT2D eigenvalue weighted by Gasteiger charge is 2.22. The average Bonchev–Trinajstić information content (AvgIpc) is 3.36. The number of carbonyl (C=O) groups excluding carboxylic acids is 1. The van der Waals surface area contributed by atoms with Crippen LogP contribution in [0.1, 0.15) is 30.9 Å². The molecule has 8 heteroatoms. The molecule has 0 radical (unpaired) electrons. The lowest BCUT2D eigenvalue weighted by Gasteiger charge is -2.24. The molecule has 7 nitrogen and oxygen atoms in total. The van der Waals surface area contributed by atoms with Gasteiger partial charge in [0.2, 0.25) is 5.91 Å². The Hall–Kier alpha value is -1.81. The molecular formula is C23H37IN6O. The Bertz CT molecular complexity index is 878. The number of carbonyl (C=O) groups is 1. The lowest BCUT2D eigenvalue weighted by atomic mass is 10.1. The highest BCUT2D eigenvalue weighted by Crippen LogP contribution is 2.22. The summed E-state index contributed by atoms with van der Waals surface area (Å²) >= 11 is 0. The van der Waals surface area contributed by atoms with Gasteiger partial charge in [0.05, 0.1) is 0 Å². The fourth-order valence-electron chi connectivity index (χ4n) is 4.18. The molecule has 0 saturated carbocycles. The molecule has 1 amide bonds. The van der Waals surface area contributed by atoms with Gasteiger partial charge in [-0.15, -0.1) is 24.0 Å². The molecule has 1 unspecified atom stereocenters. The SMILES string of the molecule is CCN1CCCC1CNC(=NCC(=O)N(C)C)NCCc1c[nH]c2cccc(C)c12.I. The number of nitrogens with one attached hydrogen (secondary N) is 3. The Morgan fingerprint density at radius 1 is 1.32 bits per heavy atom. The predicted molar refractivity (Wildman–Crippen MR) is 139 cm³/mol. The minimum absolute atomic E-state index is 0. The predicted octanol–water partition coefficient (Wildman–Crippen LogP) is 2.74. The number of guanidine groups is 1. The second kappa shape index (κ2) is 12.3. The fourth-order valence-corrected chi connectivity index (χ4v) is 4.18. The van der Waals surface area contributed by atoms with Gasteiger partial charge in [0.25, 0.3) is 0 Å². The summed E-state index contributed by atoms with van der Waals surface area (Å²) in [4.78, 5) is 24.0. The lowest BCUT2D eigenvalue weighted by Crippen LogP contribution is -2.45. The van der Waals surface area contributed by atoms with Crippen molar-refractivity contribution in [3.05, 3.63) is 35.5 Å². The fraction of sp³-hybridized carbons (Fsp3) is 0.565. The van der Waals surface area contributed by atoms with Crippen LogP contribution >= 0.6 is 24.0 Å². The van der Waals surface area contributed by atoms with Crippen LogP contribution in [-0.4, -0.2) is 79.5 Å². The minimum Gasteiger partial charge on any atom is -0.361 e. The van der Waals surface area contributed by atoms with Crippen molar-refractivity contribution in [1.82, 2.24) is 25.4 Å². The third-order valence-electron chi connectivity index (χ3n) is 5.96. The summed E-state index contributed by atoms with van der Waals surface area (Å²) in [7, 11) is 3.52. The second-order valence-electron chi connectivity index (χ2n) is 8.25. The monoisotopic (exact) mass is 540 g/mol. The largest absolute Gasteiger partial charge is 0.361 e. The molecule has 1 aromatic carbocycles. The topological polar surface area (TPSA) is 75.8 Å². The molecule has 1 aliphatic rings. The number of benzene rings is 1. The number of halogens is 1. The first-order valence-corrected chi connectivity index (χ1v) is 11.0. The summed E-state index contributed by atoms with van der Waals surface area (Å²) in [5, 5.41) is 8.20. The summed E-state index contributed by atoms with van der Waals surface area (Å²) in [5.41, 5.74) is 3.76. The normalized spacial score (nSPS) is 16.9. The van der Waals surface area contributed by atoms with Crippen LogP contribution in [0.4, 0.5) is 0 Å². The highest BCUT2D eigenvalue weighted by molar-refractivity contribution is 14.0. The first kappa shape index (κ1) is 25.5. The number of hydrogen-bond acceptors (Lipinski definition) is 3. The van der Waals surface area contributed by atoms with Gasteiger partial charge < -0.3 is 20.5 Å². The van der Waals surface area contributed by atoms with E-state index < -0.39 is 0 Å². The molecule has 1 fully saturated rings.